The van der Waals surface area contributed by atoms with Gasteiger partial charge in [-0.05, 0) is 24.6 Å². The highest BCUT2D eigenvalue weighted by atomic mass is 35.5. The lowest BCUT2D eigenvalue weighted by atomic mass is 10.2. The van der Waals surface area contributed by atoms with Gasteiger partial charge in [0.05, 0.1) is 0 Å². The van der Waals surface area contributed by atoms with E-state index >= 15 is 0 Å². The highest BCUT2D eigenvalue weighted by molar-refractivity contribution is 6.29. The van der Waals surface area contributed by atoms with E-state index in [2.05, 4.69) is 4.98 Å². The normalized spacial score (nSPS) is 9.64. The third kappa shape index (κ3) is 2.31. The summed E-state index contributed by atoms with van der Waals surface area (Å²) in [7, 11) is 0. The first-order valence-corrected chi connectivity index (χ1v) is 3.67. The molecule has 0 aliphatic carbocycles. The minimum Gasteiger partial charge on any atom is -0.303 e. The molecule has 0 saturated carbocycles. The van der Waals surface area contributed by atoms with Gasteiger partial charge < -0.3 is 4.79 Å². The number of hydrogen-bond acceptors (Lipinski definition) is 2. The molecule has 0 spiro atoms. The number of hydrogen-bond donors (Lipinski definition) is 0. The lowest BCUT2D eigenvalue weighted by Crippen LogP contribution is -1.91. The van der Waals surface area contributed by atoms with Crippen LogP contribution >= 0.6 is 11.6 Å². The number of pyridine rings is 1. The molecule has 0 saturated heterocycles. The van der Waals surface area contributed by atoms with Crippen molar-refractivity contribution in [2.75, 3.05) is 0 Å². The lowest BCUT2D eigenvalue weighted by molar-refractivity contribution is -0.107. The van der Waals surface area contributed by atoms with E-state index in [4.69, 9.17) is 11.6 Å². The van der Waals surface area contributed by atoms with Crippen LogP contribution in [0.5, 0.6) is 0 Å². The van der Waals surface area contributed by atoms with Gasteiger partial charge in [-0.15, -0.1) is 0 Å². The van der Waals surface area contributed by atoms with Gasteiger partial charge in [0.2, 0.25) is 0 Å². The summed E-state index contributed by atoms with van der Waals surface area (Å²) in [5.41, 5.74) is 1.76. The molecule has 58 valence electrons. The zero-order chi connectivity index (χ0) is 8.27. The molecule has 0 N–H and O–H groups in total. The molecule has 1 rings (SSSR count). The van der Waals surface area contributed by atoms with Crippen LogP contribution in [0.15, 0.2) is 12.1 Å². The molecular weight excluding hydrogens is 162 g/mol. The van der Waals surface area contributed by atoms with Crippen LogP contribution in [-0.4, -0.2) is 11.3 Å². The largest absolute Gasteiger partial charge is 0.303 e. The number of nitrogens with zero attached hydrogens (tertiary/aromatic N) is 1. The smallest absolute Gasteiger partial charge is 0.129 e. The van der Waals surface area contributed by atoms with Gasteiger partial charge in [-0.3, -0.25) is 0 Å². The number of carbonyl (C=O) groups is 1. The van der Waals surface area contributed by atoms with Crippen molar-refractivity contribution in [2.45, 2.75) is 13.3 Å². The summed E-state index contributed by atoms with van der Waals surface area (Å²) in [6.07, 6.45) is 1.15. The quantitative estimate of drug-likeness (QED) is 0.499. The van der Waals surface area contributed by atoms with E-state index in [0.717, 1.165) is 17.5 Å². The third-order valence-corrected chi connectivity index (χ3v) is 1.48. The van der Waals surface area contributed by atoms with Crippen molar-refractivity contribution < 1.29 is 4.79 Å². The van der Waals surface area contributed by atoms with Crippen LogP contribution in [0.4, 0.5) is 0 Å². The predicted molar refractivity (Wildman–Crippen MR) is 43.8 cm³/mol. The summed E-state index contributed by atoms with van der Waals surface area (Å²) >= 11 is 5.66. The fraction of sp³-hybridized carbons (Fsp3) is 0.250. The number of halogens is 1. The first kappa shape index (κ1) is 8.21. The van der Waals surface area contributed by atoms with Gasteiger partial charge in [0.15, 0.2) is 0 Å². The van der Waals surface area contributed by atoms with Crippen LogP contribution in [0.2, 0.25) is 5.15 Å². The van der Waals surface area contributed by atoms with Crippen molar-refractivity contribution in [3.05, 3.63) is 28.5 Å². The zero-order valence-electron chi connectivity index (χ0n) is 6.17. The van der Waals surface area contributed by atoms with Crippen LogP contribution in [0, 0.1) is 6.92 Å². The van der Waals surface area contributed by atoms with Crippen molar-refractivity contribution in [3.8, 4) is 0 Å². The van der Waals surface area contributed by atoms with Gasteiger partial charge in [0.1, 0.15) is 11.4 Å². The highest BCUT2D eigenvalue weighted by Gasteiger charge is 1.96. The maximum Gasteiger partial charge on any atom is 0.129 e. The Hall–Kier alpha value is -0.890. The molecule has 0 radical (unpaired) electrons. The predicted octanol–water partition coefficient (Wildman–Crippen LogP) is 1.78. The Bertz CT molecular complexity index is 253. The molecule has 0 fully saturated rings. The SMILES string of the molecule is Cc1cc(Cl)nc(CC=O)c1. The van der Waals surface area contributed by atoms with Crippen molar-refractivity contribution in [2.24, 2.45) is 0 Å². The van der Waals surface area contributed by atoms with Gasteiger partial charge >= 0.3 is 0 Å². The summed E-state index contributed by atoms with van der Waals surface area (Å²) in [6.45, 7) is 1.92. The Labute approximate surface area is 70.2 Å². The van der Waals surface area contributed by atoms with Crippen molar-refractivity contribution in [3.63, 3.8) is 0 Å². The van der Waals surface area contributed by atoms with Gasteiger partial charge in [-0.25, -0.2) is 4.98 Å². The molecule has 11 heavy (non-hydrogen) atoms. The lowest BCUT2D eigenvalue weighted by Gasteiger charge is -1.97. The van der Waals surface area contributed by atoms with E-state index in [1.807, 2.05) is 13.0 Å². The van der Waals surface area contributed by atoms with Crippen LogP contribution in [0.1, 0.15) is 11.3 Å². The topological polar surface area (TPSA) is 30.0 Å². The van der Waals surface area contributed by atoms with E-state index in [1.54, 1.807) is 6.07 Å². The minimum absolute atomic E-state index is 0.335. The van der Waals surface area contributed by atoms with Crippen molar-refractivity contribution in [1.82, 2.24) is 4.98 Å². The summed E-state index contributed by atoms with van der Waals surface area (Å²) in [5, 5.41) is 0.446. The Morgan fingerprint density at radius 2 is 2.36 bits per heavy atom. The van der Waals surface area contributed by atoms with E-state index in [-0.39, 0.29) is 0 Å². The fourth-order valence-corrected chi connectivity index (χ4v) is 1.16. The highest BCUT2D eigenvalue weighted by Crippen LogP contribution is 2.09. The van der Waals surface area contributed by atoms with Gasteiger partial charge in [-0.1, -0.05) is 11.6 Å². The molecule has 0 aliphatic rings. The number of carbonyl (C=O) groups excluding carboxylic acids is 1. The summed E-state index contributed by atoms with van der Waals surface area (Å²) in [6, 6.07) is 3.61. The zero-order valence-corrected chi connectivity index (χ0v) is 6.93. The Kier molecular flexibility index (Phi) is 2.60. The van der Waals surface area contributed by atoms with Crippen LogP contribution < -0.4 is 0 Å². The van der Waals surface area contributed by atoms with E-state index < -0.39 is 0 Å². The standard InChI is InChI=1S/C8H8ClNO/c1-6-4-7(2-3-11)10-8(9)5-6/h3-5H,2H2,1H3. The number of aldehydes is 1. The molecular formula is C8H8ClNO. The fourth-order valence-electron chi connectivity index (χ4n) is 0.884. The Morgan fingerprint density at radius 3 is 2.91 bits per heavy atom. The molecule has 3 heteroatoms. The molecule has 0 unspecified atom stereocenters. The second kappa shape index (κ2) is 3.49. The monoisotopic (exact) mass is 169 g/mol. The van der Waals surface area contributed by atoms with Crippen molar-refractivity contribution in [1.29, 1.82) is 0 Å². The first-order chi connectivity index (χ1) is 5.22. The van der Waals surface area contributed by atoms with Crippen LogP contribution in [0.25, 0.3) is 0 Å². The maximum absolute atomic E-state index is 10.1. The van der Waals surface area contributed by atoms with E-state index in [0.29, 0.717) is 11.6 Å². The summed E-state index contributed by atoms with van der Waals surface area (Å²) in [4.78, 5) is 14.1. The second-order valence-electron chi connectivity index (χ2n) is 2.33. The second-order valence-corrected chi connectivity index (χ2v) is 2.72. The molecule has 2 nitrogen and oxygen atoms in total. The minimum atomic E-state index is 0.335. The first-order valence-electron chi connectivity index (χ1n) is 3.29. The molecule has 0 aromatic carbocycles. The maximum atomic E-state index is 10.1. The number of aromatic nitrogens is 1. The average Bonchev–Trinajstić information content (AvgIpc) is 1.85. The number of rotatable bonds is 2. The molecule has 0 atom stereocenters. The summed E-state index contributed by atoms with van der Waals surface area (Å²) < 4.78 is 0. The van der Waals surface area contributed by atoms with Crippen molar-refractivity contribution >= 4 is 17.9 Å². The van der Waals surface area contributed by atoms with Crippen LogP contribution in [-0.2, 0) is 11.2 Å². The molecule has 1 aromatic rings. The van der Waals surface area contributed by atoms with Gasteiger partial charge in [-0.2, -0.15) is 0 Å². The average molecular weight is 170 g/mol. The third-order valence-electron chi connectivity index (χ3n) is 1.28. The Morgan fingerprint density at radius 1 is 1.64 bits per heavy atom. The van der Waals surface area contributed by atoms with E-state index in [9.17, 15) is 4.79 Å². The molecule has 1 heterocycles. The van der Waals surface area contributed by atoms with Gasteiger partial charge in [0.25, 0.3) is 0 Å². The Balaban J connectivity index is 2.98. The van der Waals surface area contributed by atoms with Crippen LogP contribution in [0.3, 0.4) is 0 Å². The number of aryl methyl sites for hydroxylation is 1. The van der Waals surface area contributed by atoms with E-state index in [1.165, 1.54) is 0 Å². The summed E-state index contributed by atoms with van der Waals surface area (Å²) in [5.74, 6) is 0. The molecule has 0 bridgehead atoms. The molecule has 0 aliphatic heterocycles. The molecule has 1 aromatic heterocycles. The van der Waals surface area contributed by atoms with Gasteiger partial charge in [0, 0.05) is 12.1 Å². The molecule has 0 amide bonds.